The second-order valence-corrected chi connectivity index (χ2v) is 4.79. The van der Waals surface area contributed by atoms with Crippen molar-refractivity contribution >= 4 is 15.9 Å². The lowest BCUT2D eigenvalue weighted by Crippen LogP contribution is -2.15. The molecule has 12 heavy (non-hydrogen) atoms. The summed E-state index contributed by atoms with van der Waals surface area (Å²) in [7, 11) is 0. The molecule has 1 aliphatic heterocycles. The largest absolute Gasteiger partial charge is 0.501 e. The van der Waals surface area contributed by atoms with Gasteiger partial charge < -0.3 is 4.74 Å². The Bertz CT molecular complexity index is 173. The third-order valence-electron chi connectivity index (χ3n) is 2.08. The van der Waals surface area contributed by atoms with Gasteiger partial charge in [-0.2, -0.15) is 0 Å². The van der Waals surface area contributed by atoms with Crippen LogP contribution in [0.2, 0.25) is 0 Å². The Labute approximate surface area is 83.3 Å². The van der Waals surface area contributed by atoms with Gasteiger partial charge in [-0.15, -0.1) is 0 Å². The van der Waals surface area contributed by atoms with Crippen LogP contribution in [0.4, 0.5) is 0 Å². The van der Waals surface area contributed by atoms with Crippen molar-refractivity contribution < 1.29 is 4.74 Å². The van der Waals surface area contributed by atoms with E-state index in [9.17, 15) is 0 Å². The normalized spacial score (nSPS) is 18.4. The maximum atomic E-state index is 5.30. The van der Waals surface area contributed by atoms with E-state index in [1.165, 1.54) is 18.4 Å². The molecule has 1 rings (SSSR count). The van der Waals surface area contributed by atoms with Crippen LogP contribution in [-0.4, -0.2) is 11.9 Å². The predicted molar refractivity (Wildman–Crippen MR) is 55.5 cm³/mol. The zero-order valence-electron chi connectivity index (χ0n) is 7.90. The molecule has 0 amide bonds. The molecule has 70 valence electrons. The molecule has 0 spiro atoms. The molecular formula is C10H17BrO. The van der Waals surface area contributed by atoms with Crippen molar-refractivity contribution in [3.63, 3.8) is 0 Å². The quantitative estimate of drug-likeness (QED) is 0.678. The van der Waals surface area contributed by atoms with E-state index in [0.717, 1.165) is 18.4 Å². The Kier molecular flexibility index (Phi) is 3.63. The Morgan fingerprint density at radius 1 is 1.58 bits per heavy atom. The smallest absolute Gasteiger partial charge is 0.0876 e. The second-order valence-electron chi connectivity index (χ2n) is 4.23. The molecule has 0 aromatic rings. The van der Waals surface area contributed by atoms with Crippen molar-refractivity contribution in [2.75, 3.05) is 11.9 Å². The molecule has 1 aliphatic rings. The van der Waals surface area contributed by atoms with Gasteiger partial charge >= 0.3 is 0 Å². The van der Waals surface area contributed by atoms with Crippen molar-refractivity contribution in [2.45, 2.75) is 33.1 Å². The van der Waals surface area contributed by atoms with Crippen LogP contribution in [0.3, 0.4) is 0 Å². The van der Waals surface area contributed by atoms with Gasteiger partial charge in [0.05, 0.1) is 12.9 Å². The maximum Gasteiger partial charge on any atom is 0.0876 e. The van der Waals surface area contributed by atoms with Gasteiger partial charge in [0.2, 0.25) is 0 Å². The van der Waals surface area contributed by atoms with E-state index >= 15 is 0 Å². The van der Waals surface area contributed by atoms with E-state index in [1.807, 2.05) is 6.26 Å². The first-order valence-corrected chi connectivity index (χ1v) is 5.62. The average molecular weight is 233 g/mol. The fourth-order valence-corrected chi connectivity index (χ4v) is 1.61. The van der Waals surface area contributed by atoms with Crippen LogP contribution in [0.15, 0.2) is 11.8 Å². The molecule has 0 saturated carbocycles. The summed E-state index contributed by atoms with van der Waals surface area (Å²) < 4.78 is 5.30. The van der Waals surface area contributed by atoms with Gasteiger partial charge in [0.1, 0.15) is 0 Å². The van der Waals surface area contributed by atoms with Crippen molar-refractivity contribution in [2.24, 2.45) is 5.41 Å². The standard InChI is InChI=1S/C10H17BrO/c1-10(2,8-11)6-9-4-3-5-12-7-9/h7H,3-6,8H2,1-2H3. The van der Waals surface area contributed by atoms with Gasteiger partial charge in [0.25, 0.3) is 0 Å². The average Bonchev–Trinajstić information content (AvgIpc) is 2.06. The fourth-order valence-electron chi connectivity index (χ4n) is 1.41. The highest BCUT2D eigenvalue weighted by Crippen LogP contribution is 2.30. The number of alkyl halides is 1. The van der Waals surface area contributed by atoms with E-state index in [0.29, 0.717) is 5.41 Å². The number of halogens is 1. The molecule has 0 N–H and O–H groups in total. The van der Waals surface area contributed by atoms with Crippen LogP contribution in [0, 0.1) is 5.41 Å². The SMILES string of the molecule is CC(C)(CBr)CC1=COCCC1. The molecule has 0 atom stereocenters. The number of ether oxygens (including phenoxy) is 1. The van der Waals surface area contributed by atoms with Gasteiger partial charge in [-0.05, 0) is 30.3 Å². The molecule has 0 unspecified atom stereocenters. The van der Waals surface area contributed by atoms with Gasteiger partial charge in [-0.1, -0.05) is 29.8 Å². The second kappa shape index (κ2) is 4.31. The molecule has 1 nitrogen and oxygen atoms in total. The lowest BCUT2D eigenvalue weighted by Gasteiger charge is -2.24. The van der Waals surface area contributed by atoms with Gasteiger partial charge in [0, 0.05) is 5.33 Å². The minimum absolute atomic E-state index is 0.368. The predicted octanol–water partition coefficient (Wildman–Crippen LogP) is 3.49. The highest BCUT2D eigenvalue weighted by atomic mass is 79.9. The number of hydrogen-bond acceptors (Lipinski definition) is 1. The summed E-state index contributed by atoms with van der Waals surface area (Å²) in [5.41, 5.74) is 1.83. The van der Waals surface area contributed by atoms with Crippen molar-refractivity contribution in [1.82, 2.24) is 0 Å². The molecule has 1 heterocycles. The zero-order valence-corrected chi connectivity index (χ0v) is 9.49. The lowest BCUT2D eigenvalue weighted by atomic mass is 9.86. The third kappa shape index (κ3) is 3.18. The van der Waals surface area contributed by atoms with Crippen LogP contribution < -0.4 is 0 Å². The van der Waals surface area contributed by atoms with Crippen molar-refractivity contribution in [1.29, 1.82) is 0 Å². The van der Waals surface area contributed by atoms with Crippen LogP contribution in [0.5, 0.6) is 0 Å². The summed E-state index contributed by atoms with van der Waals surface area (Å²) >= 11 is 3.53. The highest BCUT2D eigenvalue weighted by Gasteiger charge is 2.19. The molecule has 0 aliphatic carbocycles. The van der Waals surface area contributed by atoms with Crippen molar-refractivity contribution in [3.8, 4) is 0 Å². The molecule has 0 bridgehead atoms. The van der Waals surface area contributed by atoms with Gasteiger partial charge in [-0.3, -0.25) is 0 Å². The fraction of sp³-hybridized carbons (Fsp3) is 0.800. The number of rotatable bonds is 3. The van der Waals surface area contributed by atoms with Crippen LogP contribution in [-0.2, 0) is 4.74 Å². The van der Waals surface area contributed by atoms with Crippen LogP contribution in [0.1, 0.15) is 33.1 Å². The molecule has 0 aromatic heterocycles. The topological polar surface area (TPSA) is 9.23 Å². The molecule has 0 fully saturated rings. The van der Waals surface area contributed by atoms with E-state index in [-0.39, 0.29) is 0 Å². The third-order valence-corrected chi connectivity index (χ3v) is 3.60. The van der Waals surface area contributed by atoms with Crippen LogP contribution in [0.25, 0.3) is 0 Å². The molecule has 0 radical (unpaired) electrons. The molecule has 2 heteroatoms. The molecule has 0 saturated heterocycles. The van der Waals surface area contributed by atoms with Crippen molar-refractivity contribution in [3.05, 3.63) is 11.8 Å². The first kappa shape index (κ1) is 10.1. The van der Waals surface area contributed by atoms with E-state index in [4.69, 9.17) is 4.74 Å². The van der Waals surface area contributed by atoms with E-state index in [1.54, 1.807) is 0 Å². The highest BCUT2D eigenvalue weighted by molar-refractivity contribution is 9.09. The Morgan fingerprint density at radius 2 is 2.33 bits per heavy atom. The minimum atomic E-state index is 0.368. The van der Waals surface area contributed by atoms with E-state index < -0.39 is 0 Å². The summed E-state index contributed by atoms with van der Waals surface area (Å²) in [5, 5.41) is 1.05. The number of hydrogen-bond donors (Lipinski definition) is 0. The Balaban J connectivity index is 2.44. The Hall–Kier alpha value is 0.0200. The molecule has 0 aromatic carbocycles. The monoisotopic (exact) mass is 232 g/mol. The summed E-state index contributed by atoms with van der Waals surface area (Å²) in [6.07, 6.45) is 5.51. The van der Waals surface area contributed by atoms with Gasteiger partial charge in [0.15, 0.2) is 0 Å². The zero-order chi connectivity index (χ0) is 9.03. The summed E-state index contributed by atoms with van der Waals surface area (Å²) in [5.74, 6) is 0. The van der Waals surface area contributed by atoms with E-state index in [2.05, 4.69) is 29.8 Å². The summed E-state index contributed by atoms with van der Waals surface area (Å²) in [6.45, 7) is 5.45. The lowest BCUT2D eigenvalue weighted by molar-refractivity contribution is 0.218. The molecular weight excluding hydrogens is 216 g/mol. The first-order chi connectivity index (χ1) is 5.64. The van der Waals surface area contributed by atoms with Gasteiger partial charge in [-0.25, -0.2) is 0 Å². The maximum absolute atomic E-state index is 5.30. The van der Waals surface area contributed by atoms with Crippen LogP contribution >= 0.6 is 15.9 Å². The first-order valence-electron chi connectivity index (χ1n) is 4.49. The number of allylic oxidation sites excluding steroid dienone is 1. The summed E-state index contributed by atoms with van der Waals surface area (Å²) in [4.78, 5) is 0. The minimum Gasteiger partial charge on any atom is -0.501 e. The Morgan fingerprint density at radius 3 is 2.83 bits per heavy atom. The summed E-state index contributed by atoms with van der Waals surface area (Å²) in [6, 6.07) is 0.